The van der Waals surface area contributed by atoms with Crippen LogP contribution in [-0.2, 0) is 10.0 Å². The van der Waals surface area contributed by atoms with Crippen molar-refractivity contribution in [1.29, 1.82) is 0 Å². The third-order valence-corrected chi connectivity index (χ3v) is 7.29. The monoisotopic (exact) mass is 482 g/mol. The third-order valence-electron chi connectivity index (χ3n) is 5.37. The van der Waals surface area contributed by atoms with Gasteiger partial charge in [0.2, 0.25) is 10.0 Å². The fourth-order valence-corrected chi connectivity index (χ4v) is 5.30. The van der Waals surface area contributed by atoms with Gasteiger partial charge in [0, 0.05) is 24.7 Å². The van der Waals surface area contributed by atoms with Crippen molar-refractivity contribution in [3.05, 3.63) is 53.6 Å². The lowest BCUT2D eigenvalue weighted by atomic mass is 10.2. The van der Waals surface area contributed by atoms with Crippen LogP contribution in [0.15, 0.2) is 41.3 Å². The van der Waals surface area contributed by atoms with Gasteiger partial charge in [0.05, 0.1) is 13.2 Å². The lowest BCUT2D eigenvalue weighted by molar-refractivity contribution is 0.0926. The smallest absolute Gasteiger partial charge is 0.251 e. The van der Waals surface area contributed by atoms with E-state index in [0.29, 0.717) is 19.2 Å². The number of halogens is 2. The molecule has 1 aliphatic heterocycles. The molecule has 0 radical (unpaired) electrons. The summed E-state index contributed by atoms with van der Waals surface area (Å²) >= 11 is 0. The van der Waals surface area contributed by atoms with Gasteiger partial charge in [-0.1, -0.05) is 12.8 Å². The van der Waals surface area contributed by atoms with E-state index in [2.05, 4.69) is 5.32 Å². The summed E-state index contributed by atoms with van der Waals surface area (Å²) in [5.74, 6) is -2.04. The standard InChI is InChI=1S/C23H28F2N2O5S/c1-16(15-32-20-10-8-18(24)14-19(20)25)26-23(28)17-7-9-21(31-2)22(13-17)33(29,30)27-11-5-3-4-6-12-27/h7-10,13-14,16H,3-6,11-12,15H2,1-2H3,(H,26,28). The van der Waals surface area contributed by atoms with Gasteiger partial charge < -0.3 is 14.8 Å². The number of ether oxygens (including phenoxy) is 2. The molecule has 180 valence electrons. The second-order valence-electron chi connectivity index (χ2n) is 7.94. The second kappa shape index (κ2) is 10.9. The number of carbonyl (C=O) groups excluding carboxylic acids is 1. The van der Waals surface area contributed by atoms with E-state index in [1.54, 1.807) is 6.92 Å². The largest absolute Gasteiger partial charge is 0.495 e. The molecule has 1 heterocycles. The number of nitrogens with one attached hydrogen (secondary N) is 1. The Kier molecular flexibility index (Phi) is 8.25. The van der Waals surface area contributed by atoms with Crippen LogP contribution in [0.3, 0.4) is 0 Å². The van der Waals surface area contributed by atoms with Crippen molar-refractivity contribution < 1.29 is 31.5 Å². The highest BCUT2D eigenvalue weighted by Crippen LogP contribution is 2.29. The lowest BCUT2D eigenvalue weighted by Gasteiger charge is -2.22. The predicted octanol–water partition coefficient (Wildman–Crippen LogP) is 3.74. The molecule has 3 rings (SSSR count). The molecule has 10 heteroatoms. The quantitative estimate of drug-likeness (QED) is 0.620. The number of rotatable bonds is 8. The van der Waals surface area contributed by atoms with E-state index in [9.17, 15) is 22.0 Å². The van der Waals surface area contributed by atoms with Crippen molar-refractivity contribution >= 4 is 15.9 Å². The minimum Gasteiger partial charge on any atom is -0.495 e. The molecule has 2 aromatic carbocycles. The van der Waals surface area contributed by atoms with Crippen LogP contribution >= 0.6 is 0 Å². The van der Waals surface area contributed by atoms with Crippen LogP contribution in [0.4, 0.5) is 8.78 Å². The SMILES string of the molecule is COc1ccc(C(=O)NC(C)COc2ccc(F)cc2F)cc1S(=O)(=O)N1CCCCCC1. The van der Waals surface area contributed by atoms with Crippen molar-refractivity contribution in [1.82, 2.24) is 9.62 Å². The van der Waals surface area contributed by atoms with Gasteiger partial charge in [-0.2, -0.15) is 4.31 Å². The Hall–Kier alpha value is -2.72. The van der Waals surface area contributed by atoms with E-state index < -0.39 is 33.6 Å². The van der Waals surface area contributed by atoms with E-state index in [1.807, 2.05) is 0 Å². The summed E-state index contributed by atoms with van der Waals surface area (Å²) in [6.07, 6.45) is 3.53. The highest BCUT2D eigenvalue weighted by atomic mass is 32.2. The molecule has 0 bridgehead atoms. The van der Waals surface area contributed by atoms with Crippen molar-refractivity contribution in [3.8, 4) is 11.5 Å². The lowest BCUT2D eigenvalue weighted by Crippen LogP contribution is -2.37. The number of hydrogen-bond donors (Lipinski definition) is 1. The Balaban J connectivity index is 1.72. The average molecular weight is 483 g/mol. The number of hydrogen-bond acceptors (Lipinski definition) is 5. The minimum atomic E-state index is -3.84. The summed E-state index contributed by atoms with van der Waals surface area (Å²) in [5, 5.41) is 2.69. The first-order valence-corrected chi connectivity index (χ1v) is 12.2. The normalized spacial score (nSPS) is 16.0. The molecule has 1 atom stereocenters. The Morgan fingerprint density at radius 2 is 1.73 bits per heavy atom. The maximum Gasteiger partial charge on any atom is 0.251 e. The summed E-state index contributed by atoms with van der Waals surface area (Å²) < 4.78 is 65.3. The van der Waals surface area contributed by atoms with Gasteiger partial charge in [-0.25, -0.2) is 17.2 Å². The number of sulfonamides is 1. The fourth-order valence-electron chi connectivity index (χ4n) is 3.60. The molecule has 1 fully saturated rings. The summed E-state index contributed by atoms with van der Waals surface area (Å²) in [5.41, 5.74) is 0.143. The minimum absolute atomic E-state index is 0.0585. The van der Waals surface area contributed by atoms with Gasteiger partial charge in [-0.05, 0) is 50.1 Å². The number of benzene rings is 2. The van der Waals surface area contributed by atoms with Gasteiger partial charge in [-0.3, -0.25) is 4.79 Å². The van der Waals surface area contributed by atoms with Crippen LogP contribution in [0.1, 0.15) is 43.0 Å². The molecule has 0 aromatic heterocycles. The molecule has 0 saturated carbocycles. The van der Waals surface area contributed by atoms with E-state index in [-0.39, 0.29) is 28.6 Å². The van der Waals surface area contributed by atoms with Gasteiger partial charge in [0.25, 0.3) is 5.91 Å². The molecule has 1 aliphatic rings. The van der Waals surface area contributed by atoms with Crippen LogP contribution < -0.4 is 14.8 Å². The molecule has 1 saturated heterocycles. The molecule has 1 unspecified atom stereocenters. The first-order valence-electron chi connectivity index (χ1n) is 10.8. The molecular weight excluding hydrogens is 454 g/mol. The number of carbonyl (C=O) groups is 1. The van der Waals surface area contributed by atoms with E-state index >= 15 is 0 Å². The van der Waals surface area contributed by atoms with Gasteiger partial charge in [0.1, 0.15) is 23.1 Å². The molecule has 0 spiro atoms. The zero-order valence-electron chi connectivity index (χ0n) is 18.6. The first kappa shape index (κ1) is 24.9. The Labute approximate surface area is 192 Å². The average Bonchev–Trinajstić information content (AvgIpc) is 3.08. The van der Waals surface area contributed by atoms with E-state index in [4.69, 9.17) is 9.47 Å². The summed E-state index contributed by atoms with van der Waals surface area (Å²) in [6.45, 7) is 2.44. The molecule has 0 aliphatic carbocycles. The molecular formula is C23H28F2N2O5S. The van der Waals surface area contributed by atoms with Crippen molar-refractivity contribution in [2.75, 3.05) is 26.8 Å². The second-order valence-corrected chi connectivity index (χ2v) is 9.85. The van der Waals surface area contributed by atoms with Crippen LogP contribution in [0, 0.1) is 11.6 Å². The Morgan fingerprint density at radius 3 is 2.36 bits per heavy atom. The van der Waals surface area contributed by atoms with E-state index in [1.165, 1.54) is 35.7 Å². The zero-order chi connectivity index (χ0) is 24.0. The van der Waals surface area contributed by atoms with Gasteiger partial charge >= 0.3 is 0 Å². The van der Waals surface area contributed by atoms with Crippen LogP contribution in [-0.4, -0.2) is 51.5 Å². The van der Waals surface area contributed by atoms with Crippen LogP contribution in [0.5, 0.6) is 11.5 Å². The highest BCUT2D eigenvalue weighted by Gasteiger charge is 2.29. The molecule has 2 aromatic rings. The predicted molar refractivity (Wildman–Crippen MR) is 119 cm³/mol. The van der Waals surface area contributed by atoms with E-state index in [0.717, 1.165) is 31.7 Å². The maximum atomic E-state index is 13.7. The van der Waals surface area contributed by atoms with Gasteiger partial charge in [0.15, 0.2) is 11.6 Å². The van der Waals surface area contributed by atoms with Gasteiger partial charge in [-0.15, -0.1) is 0 Å². The number of methoxy groups -OCH3 is 1. The molecule has 1 amide bonds. The first-order chi connectivity index (χ1) is 15.7. The molecule has 1 N–H and O–H groups in total. The van der Waals surface area contributed by atoms with Crippen molar-refractivity contribution in [2.45, 2.75) is 43.5 Å². The topological polar surface area (TPSA) is 84.9 Å². The number of amides is 1. The van der Waals surface area contributed by atoms with Crippen LogP contribution in [0.2, 0.25) is 0 Å². The highest BCUT2D eigenvalue weighted by molar-refractivity contribution is 7.89. The van der Waals surface area contributed by atoms with Crippen molar-refractivity contribution in [3.63, 3.8) is 0 Å². The zero-order valence-corrected chi connectivity index (χ0v) is 19.5. The number of nitrogens with zero attached hydrogens (tertiary/aromatic N) is 1. The fraction of sp³-hybridized carbons (Fsp3) is 0.435. The Bertz CT molecular complexity index is 1090. The molecule has 33 heavy (non-hydrogen) atoms. The summed E-state index contributed by atoms with van der Waals surface area (Å²) in [4.78, 5) is 12.7. The summed E-state index contributed by atoms with van der Waals surface area (Å²) in [7, 11) is -2.46. The Morgan fingerprint density at radius 1 is 1.06 bits per heavy atom. The van der Waals surface area contributed by atoms with Crippen LogP contribution in [0.25, 0.3) is 0 Å². The van der Waals surface area contributed by atoms with Crippen molar-refractivity contribution in [2.24, 2.45) is 0 Å². The summed E-state index contributed by atoms with van der Waals surface area (Å²) in [6, 6.07) is 6.66. The third kappa shape index (κ3) is 6.20. The maximum absolute atomic E-state index is 13.7. The molecule has 7 nitrogen and oxygen atoms in total.